The molecule has 1 N–H and O–H groups in total. The number of ether oxygens (including phenoxy) is 2. The number of nitrogens with one attached hydrogen (secondary N) is 1. The average Bonchev–Trinajstić information content (AvgIpc) is 2.56. The van der Waals surface area contributed by atoms with E-state index in [1.807, 2.05) is 19.1 Å². The maximum absolute atomic E-state index is 12.0. The Hall–Kier alpha value is -2.61. The molecule has 0 saturated carbocycles. The zero-order chi connectivity index (χ0) is 17.7. The first-order valence-corrected chi connectivity index (χ1v) is 7.71. The third kappa shape index (κ3) is 4.45. The van der Waals surface area contributed by atoms with E-state index in [0.29, 0.717) is 11.4 Å². The largest absolute Gasteiger partial charge is 0.493 e. The molecule has 2 aromatic rings. The third-order valence-corrected chi connectivity index (χ3v) is 4.05. The number of hydrogen-bond donors (Lipinski definition) is 1. The summed E-state index contributed by atoms with van der Waals surface area (Å²) in [5.41, 5.74) is 1.47. The van der Waals surface area contributed by atoms with Crippen LogP contribution in [0, 0.1) is 17.0 Å². The molecule has 7 nitrogen and oxygen atoms in total. The fraction of sp³-hybridized carbons (Fsp3) is 0.188. The fourth-order valence-corrected chi connectivity index (χ4v) is 2.20. The van der Waals surface area contributed by atoms with Crippen molar-refractivity contribution in [3.63, 3.8) is 0 Å². The first kappa shape index (κ1) is 17.7. The van der Waals surface area contributed by atoms with Crippen LogP contribution in [0.15, 0.2) is 40.9 Å². The Morgan fingerprint density at radius 2 is 2.00 bits per heavy atom. The van der Waals surface area contributed by atoms with Crippen LogP contribution in [-0.4, -0.2) is 24.5 Å². The number of non-ortho nitro benzene ring substituents is 1. The third-order valence-electron chi connectivity index (χ3n) is 3.16. The maximum atomic E-state index is 12.0. The van der Waals surface area contributed by atoms with Crippen LogP contribution in [0.1, 0.15) is 5.56 Å². The summed E-state index contributed by atoms with van der Waals surface area (Å²) in [6, 6.07) is 9.34. The van der Waals surface area contributed by atoms with Crippen molar-refractivity contribution in [3.8, 4) is 11.5 Å². The smallest absolute Gasteiger partial charge is 0.273 e. The predicted molar refractivity (Wildman–Crippen MR) is 92.7 cm³/mol. The van der Waals surface area contributed by atoms with Gasteiger partial charge in [0.05, 0.1) is 18.1 Å². The van der Waals surface area contributed by atoms with Gasteiger partial charge in [-0.15, -0.1) is 0 Å². The lowest BCUT2D eigenvalue weighted by Gasteiger charge is -2.11. The van der Waals surface area contributed by atoms with Gasteiger partial charge < -0.3 is 14.8 Å². The zero-order valence-electron chi connectivity index (χ0n) is 13.0. The van der Waals surface area contributed by atoms with E-state index in [1.54, 1.807) is 6.07 Å². The van der Waals surface area contributed by atoms with Gasteiger partial charge in [0, 0.05) is 16.2 Å². The Bertz CT molecular complexity index is 779. The van der Waals surface area contributed by atoms with Gasteiger partial charge in [-0.05, 0) is 36.8 Å². The number of nitro benzene ring substituents is 1. The molecule has 0 aliphatic heterocycles. The van der Waals surface area contributed by atoms with E-state index < -0.39 is 4.92 Å². The summed E-state index contributed by atoms with van der Waals surface area (Å²) in [4.78, 5) is 22.3. The molecule has 0 heterocycles. The molecule has 0 unspecified atom stereocenters. The van der Waals surface area contributed by atoms with E-state index >= 15 is 0 Å². The van der Waals surface area contributed by atoms with E-state index in [9.17, 15) is 14.9 Å². The van der Waals surface area contributed by atoms with E-state index in [-0.39, 0.29) is 24.0 Å². The van der Waals surface area contributed by atoms with E-state index in [1.165, 1.54) is 25.3 Å². The molecule has 0 atom stereocenters. The van der Waals surface area contributed by atoms with Gasteiger partial charge >= 0.3 is 0 Å². The van der Waals surface area contributed by atoms with Crippen LogP contribution in [0.4, 0.5) is 11.4 Å². The second-order valence-electron chi connectivity index (χ2n) is 4.89. The molecule has 0 spiro atoms. The summed E-state index contributed by atoms with van der Waals surface area (Å²) >= 11 is 3.38. The normalized spacial score (nSPS) is 10.1. The summed E-state index contributed by atoms with van der Waals surface area (Å²) < 4.78 is 11.4. The van der Waals surface area contributed by atoms with Crippen molar-refractivity contribution in [2.24, 2.45) is 0 Å². The van der Waals surface area contributed by atoms with Crippen molar-refractivity contribution in [3.05, 3.63) is 56.5 Å². The summed E-state index contributed by atoms with van der Waals surface area (Å²) in [6.45, 7) is 1.61. The van der Waals surface area contributed by atoms with E-state index in [2.05, 4.69) is 21.2 Å². The minimum atomic E-state index is -0.545. The Balaban J connectivity index is 2.04. The monoisotopic (exact) mass is 394 g/mol. The topological polar surface area (TPSA) is 90.7 Å². The highest BCUT2D eigenvalue weighted by molar-refractivity contribution is 9.10. The maximum Gasteiger partial charge on any atom is 0.273 e. The zero-order valence-corrected chi connectivity index (χ0v) is 14.6. The van der Waals surface area contributed by atoms with Crippen LogP contribution in [0.5, 0.6) is 11.5 Å². The molecule has 24 heavy (non-hydrogen) atoms. The number of benzene rings is 2. The van der Waals surface area contributed by atoms with Gasteiger partial charge in [0.2, 0.25) is 0 Å². The first-order chi connectivity index (χ1) is 11.4. The number of carbonyl (C=O) groups excluding carboxylic acids is 1. The summed E-state index contributed by atoms with van der Waals surface area (Å²) in [5, 5.41) is 13.5. The number of aryl methyl sites for hydroxylation is 1. The van der Waals surface area contributed by atoms with Crippen LogP contribution in [0.2, 0.25) is 0 Å². The first-order valence-electron chi connectivity index (χ1n) is 6.92. The Labute approximate surface area is 146 Å². The summed E-state index contributed by atoms with van der Waals surface area (Å²) in [5.74, 6) is 0.0620. The lowest BCUT2D eigenvalue weighted by atomic mass is 10.2. The lowest BCUT2D eigenvalue weighted by molar-refractivity contribution is -0.385. The minimum Gasteiger partial charge on any atom is -0.493 e. The van der Waals surface area contributed by atoms with Crippen LogP contribution in [0.25, 0.3) is 0 Å². The van der Waals surface area contributed by atoms with Crippen molar-refractivity contribution in [1.82, 2.24) is 0 Å². The molecule has 8 heteroatoms. The number of halogens is 1. The Kier molecular flexibility index (Phi) is 5.75. The predicted octanol–water partition coefficient (Wildman–Crippen LogP) is 3.69. The standard InChI is InChI=1S/C16H15BrN2O5/c1-10-7-11(3-5-13(10)17)18-16(20)9-24-15-8-12(19(21)22)4-6-14(15)23-2/h3-8H,9H2,1-2H3,(H,18,20). The molecular weight excluding hydrogens is 380 g/mol. The highest BCUT2D eigenvalue weighted by atomic mass is 79.9. The van der Waals surface area contributed by atoms with Gasteiger partial charge in [-0.1, -0.05) is 15.9 Å². The molecule has 1 amide bonds. The van der Waals surface area contributed by atoms with Crippen LogP contribution in [-0.2, 0) is 4.79 Å². The second-order valence-corrected chi connectivity index (χ2v) is 5.75. The van der Waals surface area contributed by atoms with Crippen LogP contribution >= 0.6 is 15.9 Å². The van der Waals surface area contributed by atoms with Crippen molar-refractivity contribution in [2.45, 2.75) is 6.92 Å². The Morgan fingerprint density at radius 3 is 2.62 bits per heavy atom. The highest BCUT2D eigenvalue weighted by Gasteiger charge is 2.14. The van der Waals surface area contributed by atoms with Gasteiger partial charge in [-0.3, -0.25) is 14.9 Å². The molecular formula is C16H15BrN2O5. The number of anilines is 1. The lowest BCUT2D eigenvalue weighted by Crippen LogP contribution is -2.20. The molecule has 0 bridgehead atoms. The highest BCUT2D eigenvalue weighted by Crippen LogP contribution is 2.31. The number of nitrogens with zero attached hydrogens (tertiary/aromatic N) is 1. The number of methoxy groups -OCH3 is 1. The van der Waals surface area contributed by atoms with Gasteiger partial charge in [-0.25, -0.2) is 0 Å². The molecule has 0 aromatic heterocycles. The molecule has 0 aliphatic rings. The summed E-state index contributed by atoms with van der Waals surface area (Å²) in [7, 11) is 1.42. The minimum absolute atomic E-state index is 0.133. The van der Waals surface area contributed by atoms with Gasteiger partial charge in [0.15, 0.2) is 18.1 Å². The molecule has 2 aromatic carbocycles. The molecule has 0 radical (unpaired) electrons. The second kappa shape index (κ2) is 7.78. The quantitative estimate of drug-likeness (QED) is 0.595. The van der Waals surface area contributed by atoms with Crippen LogP contribution in [0.3, 0.4) is 0 Å². The summed E-state index contributed by atoms with van der Waals surface area (Å²) in [6.07, 6.45) is 0. The molecule has 0 saturated heterocycles. The molecule has 2 rings (SSSR count). The fourth-order valence-electron chi connectivity index (χ4n) is 1.95. The van der Waals surface area contributed by atoms with Crippen molar-refractivity contribution in [1.29, 1.82) is 0 Å². The number of hydrogen-bond acceptors (Lipinski definition) is 5. The van der Waals surface area contributed by atoms with Crippen molar-refractivity contribution < 1.29 is 19.2 Å². The number of rotatable bonds is 6. The van der Waals surface area contributed by atoms with Gasteiger partial charge in [0.1, 0.15) is 0 Å². The SMILES string of the molecule is COc1ccc([N+](=O)[O-])cc1OCC(=O)Nc1ccc(Br)c(C)c1. The van der Waals surface area contributed by atoms with E-state index in [4.69, 9.17) is 9.47 Å². The molecule has 126 valence electrons. The number of carbonyl (C=O) groups is 1. The molecule has 0 fully saturated rings. The number of amides is 1. The van der Waals surface area contributed by atoms with Crippen molar-refractivity contribution >= 4 is 33.2 Å². The average molecular weight is 395 g/mol. The van der Waals surface area contributed by atoms with Crippen LogP contribution < -0.4 is 14.8 Å². The number of nitro groups is 1. The van der Waals surface area contributed by atoms with Gasteiger partial charge in [0.25, 0.3) is 11.6 Å². The Morgan fingerprint density at radius 1 is 1.25 bits per heavy atom. The van der Waals surface area contributed by atoms with Gasteiger partial charge in [-0.2, -0.15) is 0 Å². The van der Waals surface area contributed by atoms with E-state index in [0.717, 1.165) is 10.0 Å². The van der Waals surface area contributed by atoms with Crippen molar-refractivity contribution in [2.75, 3.05) is 19.0 Å². The molecule has 0 aliphatic carbocycles.